The molecule has 0 fully saturated rings. The van der Waals surface area contributed by atoms with Crippen LogP contribution in [0.25, 0.3) is 0 Å². The normalized spacial score (nSPS) is 10.1. The number of nitrogens with one attached hydrogen (secondary N) is 2. The van der Waals surface area contributed by atoms with E-state index in [4.69, 9.17) is 9.47 Å². The molecule has 0 heterocycles. The molecular weight excluding hydrogens is 376 g/mol. The minimum Gasteiger partial charge on any atom is -0.493 e. The lowest BCUT2D eigenvalue weighted by Gasteiger charge is -2.13. The van der Waals surface area contributed by atoms with Gasteiger partial charge in [0, 0.05) is 23.4 Å². The van der Waals surface area contributed by atoms with E-state index in [9.17, 15) is 14.4 Å². The highest BCUT2D eigenvalue weighted by molar-refractivity contribution is 6.05. The molecule has 0 saturated carbocycles. The van der Waals surface area contributed by atoms with Crippen LogP contribution in [0.5, 0.6) is 11.5 Å². The molecule has 0 saturated heterocycles. The molecule has 0 bridgehead atoms. The Hall–Kier alpha value is -3.55. The van der Waals surface area contributed by atoms with Crippen molar-refractivity contribution in [2.45, 2.75) is 20.3 Å². The number of ether oxygens (including phenoxy) is 3. The Morgan fingerprint density at radius 2 is 1.72 bits per heavy atom. The van der Waals surface area contributed by atoms with Crippen LogP contribution in [0.4, 0.5) is 11.4 Å². The number of amides is 2. The summed E-state index contributed by atoms with van der Waals surface area (Å²) in [7, 11) is 2.71. The van der Waals surface area contributed by atoms with Crippen molar-refractivity contribution in [1.82, 2.24) is 0 Å². The number of hydrogen-bond acceptors (Lipinski definition) is 6. The predicted molar refractivity (Wildman–Crippen MR) is 109 cm³/mol. The summed E-state index contributed by atoms with van der Waals surface area (Å²) in [6.07, 6.45) is 0.357. The first-order valence-electron chi connectivity index (χ1n) is 8.97. The molecule has 8 nitrogen and oxygen atoms in total. The van der Waals surface area contributed by atoms with Crippen molar-refractivity contribution in [3.05, 3.63) is 47.5 Å². The number of aryl methyl sites for hydroxylation is 1. The van der Waals surface area contributed by atoms with E-state index >= 15 is 0 Å². The molecule has 2 aromatic carbocycles. The Bertz CT molecular complexity index is 910. The molecule has 2 amide bonds. The Balaban J connectivity index is 2.21. The van der Waals surface area contributed by atoms with Crippen LogP contribution in [0, 0.1) is 6.92 Å². The fraction of sp³-hybridized carbons (Fsp3) is 0.286. The maximum absolute atomic E-state index is 12.7. The Morgan fingerprint density at radius 1 is 0.966 bits per heavy atom. The van der Waals surface area contributed by atoms with Crippen LogP contribution >= 0.6 is 0 Å². The van der Waals surface area contributed by atoms with Crippen molar-refractivity contribution >= 4 is 29.2 Å². The highest BCUT2D eigenvalue weighted by Gasteiger charge is 2.14. The number of anilines is 2. The molecule has 2 aromatic rings. The highest BCUT2D eigenvalue weighted by Crippen LogP contribution is 2.29. The van der Waals surface area contributed by atoms with Crippen LogP contribution in [-0.4, -0.2) is 38.6 Å². The SMILES string of the molecule is CCC(=O)Nc1ccc(C)c(NC(=O)c2ccc(OC)c(OCC(=O)OC)c2)c1. The number of methoxy groups -OCH3 is 2. The van der Waals surface area contributed by atoms with Gasteiger partial charge in [-0.3, -0.25) is 9.59 Å². The van der Waals surface area contributed by atoms with Gasteiger partial charge in [-0.2, -0.15) is 0 Å². The van der Waals surface area contributed by atoms with Crippen molar-refractivity contribution in [3.8, 4) is 11.5 Å². The van der Waals surface area contributed by atoms with Crippen LogP contribution < -0.4 is 20.1 Å². The van der Waals surface area contributed by atoms with E-state index in [1.807, 2.05) is 6.92 Å². The molecule has 0 aliphatic heterocycles. The monoisotopic (exact) mass is 400 g/mol. The smallest absolute Gasteiger partial charge is 0.343 e. The zero-order valence-electron chi connectivity index (χ0n) is 16.8. The summed E-state index contributed by atoms with van der Waals surface area (Å²) in [4.78, 5) is 35.6. The lowest BCUT2D eigenvalue weighted by atomic mass is 10.1. The van der Waals surface area contributed by atoms with Gasteiger partial charge in [0.25, 0.3) is 5.91 Å². The molecule has 0 aliphatic carbocycles. The van der Waals surface area contributed by atoms with Gasteiger partial charge in [0.05, 0.1) is 14.2 Å². The maximum atomic E-state index is 12.7. The number of carbonyl (C=O) groups is 3. The molecule has 0 aliphatic rings. The second-order valence-corrected chi connectivity index (χ2v) is 6.12. The molecule has 8 heteroatoms. The van der Waals surface area contributed by atoms with E-state index in [0.717, 1.165) is 5.56 Å². The van der Waals surface area contributed by atoms with Crippen LogP contribution in [0.3, 0.4) is 0 Å². The van der Waals surface area contributed by atoms with E-state index in [0.29, 0.717) is 29.1 Å². The number of esters is 1. The van der Waals surface area contributed by atoms with Crippen LogP contribution in [0.1, 0.15) is 29.3 Å². The predicted octanol–water partition coefficient (Wildman–Crippen LogP) is 3.16. The van der Waals surface area contributed by atoms with Gasteiger partial charge in [0.1, 0.15) is 0 Å². The van der Waals surface area contributed by atoms with E-state index < -0.39 is 5.97 Å². The van der Waals surface area contributed by atoms with Crippen LogP contribution in [0.15, 0.2) is 36.4 Å². The fourth-order valence-corrected chi connectivity index (χ4v) is 2.40. The van der Waals surface area contributed by atoms with Crippen LogP contribution in [-0.2, 0) is 14.3 Å². The first kappa shape index (κ1) is 21.7. The molecule has 0 radical (unpaired) electrons. The molecule has 0 atom stereocenters. The Labute approximate surface area is 169 Å². The van der Waals surface area contributed by atoms with Gasteiger partial charge in [0.2, 0.25) is 5.91 Å². The number of benzene rings is 2. The highest BCUT2D eigenvalue weighted by atomic mass is 16.6. The summed E-state index contributed by atoms with van der Waals surface area (Å²) in [5.41, 5.74) is 2.31. The van der Waals surface area contributed by atoms with Crippen molar-refractivity contribution in [2.24, 2.45) is 0 Å². The number of rotatable bonds is 8. The first-order valence-corrected chi connectivity index (χ1v) is 8.97. The third-order valence-corrected chi connectivity index (χ3v) is 4.09. The Kier molecular flexibility index (Phi) is 7.59. The summed E-state index contributed by atoms with van der Waals surface area (Å²) < 4.78 is 15.1. The standard InChI is InChI=1S/C21H24N2O6/c1-5-19(24)22-15-8-6-13(2)16(11-15)23-21(26)14-7-9-17(27-3)18(10-14)29-12-20(25)28-4/h6-11H,5,12H2,1-4H3,(H,22,24)(H,23,26). The zero-order chi connectivity index (χ0) is 21.4. The van der Waals surface area contributed by atoms with Crippen molar-refractivity contribution in [2.75, 3.05) is 31.5 Å². The topological polar surface area (TPSA) is 103 Å². The summed E-state index contributed by atoms with van der Waals surface area (Å²) in [6, 6.07) is 9.90. The third kappa shape index (κ3) is 5.97. The van der Waals surface area contributed by atoms with Crippen molar-refractivity contribution in [1.29, 1.82) is 0 Å². The largest absolute Gasteiger partial charge is 0.493 e. The summed E-state index contributed by atoms with van der Waals surface area (Å²) in [6.45, 7) is 3.30. The molecule has 0 aromatic heterocycles. The average Bonchev–Trinajstić information content (AvgIpc) is 2.73. The molecule has 0 unspecified atom stereocenters. The van der Waals surface area contributed by atoms with Gasteiger partial charge >= 0.3 is 5.97 Å². The number of hydrogen-bond donors (Lipinski definition) is 2. The van der Waals surface area contributed by atoms with E-state index in [1.54, 1.807) is 37.3 Å². The minimum absolute atomic E-state index is 0.117. The molecule has 0 spiro atoms. The van der Waals surface area contributed by atoms with Crippen molar-refractivity contribution < 1.29 is 28.6 Å². The number of carbonyl (C=O) groups excluding carboxylic acids is 3. The van der Waals surface area contributed by atoms with Crippen LogP contribution in [0.2, 0.25) is 0 Å². The first-order chi connectivity index (χ1) is 13.9. The maximum Gasteiger partial charge on any atom is 0.343 e. The molecule has 29 heavy (non-hydrogen) atoms. The second kappa shape index (κ2) is 10.1. The van der Waals surface area contributed by atoms with E-state index in [-0.39, 0.29) is 24.2 Å². The van der Waals surface area contributed by atoms with Gasteiger partial charge < -0.3 is 24.8 Å². The molecule has 2 rings (SSSR count). The quantitative estimate of drug-likeness (QED) is 0.660. The lowest BCUT2D eigenvalue weighted by molar-refractivity contribution is -0.142. The fourth-order valence-electron chi connectivity index (χ4n) is 2.40. The van der Waals surface area contributed by atoms with Gasteiger partial charge in [0.15, 0.2) is 18.1 Å². The van der Waals surface area contributed by atoms with Crippen molar-refractivity contribution in [3.63, 3.8) is 0 Å². The Morgan fingerprint density at radius 3 is 2.38 bits per heavy atom. The molecule has 154 valence electrons. The van der Waals surface area contributed by atoms with Gasteiger partial charge in [-0.15, -0.1) is 0 Å². The lowest BCUT2D eigenvalue weighted by Crippen LogP contribution is -2.15. The van der Waals surface area contributed by atoms with E-state index in [2.05, 4.69) is 15.4 Å². The molecular formula is C21H24N2O6. The summed E-state index contributed by atoms with van der Waals surface area (Å²) in [5, 5.41) is 5.58. The minimum atomic E-state index is -0.552. The van der Waals surface area contributed by atoms with Gasteiger partial charge in [-0.05, 0) is 42.8 Å². The average molecular weight is 400 g/mol. The molecule has 2 N–H and O–H groups in total. The summed E-state index contributed by atoms with van der Waals surface area (Å²) in [5.74, 6) is -0.424. The van der Waals surface area contributed by atoms with E-state index in [1.165, 1.54) is 20.3 Å². The third-order valence-electron chi connectivity index (χ3n) is 4.09. The van der Waals surface area contributed by atoms with Gasteiger partial charge in [-0.25, -0.2) is 4.79 Å². The zero-order valence-corrected chi connectivity index (χ0v) is 16.8. The van der Waals surface area contributed by atoms with Gasteiger partial charge in [-0.1, -0.05) is 13.0 Å². The second-order valence-electron chi connectivity index (χ2n) is 6.12. The summed E-state index contributed by atoms with van der Waals surface area (Å²) >= 11 is 0.